The zero-order valence-electron chi connectivity index (χ0n) is 11.9. The van der Waals surface area contributed by atoms with E-state index in [9.17, 15) is 8.42 Å². The molecule has 5 nitrogen and oxygen atoms in total. The number of sulfonamides is 1. The minimum absolute atomic E-state index is 0.106. The third kappa shape index (κ3) is 3.28. The van der Waals surface area contributed by atoms with Gasteiger partial charge in [-0.05, 0) is 55.7 Å². The number of aromatic nitrogens is 1. The highest BCUT2D eigenvalue weighted by atomic mass is 35.5. The second-order valence-corrected chi connectivity index (χ2v) is 6.92. The van der Waals surface area contributed by atoms with Gasteiger partial charge < -0.3 is 5.73 Å². The van der Waals surface area contributed by atoms with E-state index in [-0.39, 0.29) is 15.7 Å². The van der Waals surface area contributed by atoms with Crippen LogP contribution in [0.1, 0.15) is 16.7 Å². The molecule has 0 aliphatic heterocycles. The number of nitrogens with zero attached hydrogens (tertiary/aromatic N) is 1. The van der Waals surface area contributed by atoms with E-state index in [1.807, 2.05) is 0 Å². The molecule has 0 amide bonds. The van der Waals surface area contributed by atoms with Crippen molar-refractivity contribution in [1.82, 2.24) is 4.98 Å². The number of nitrogens with two attached hydrogens (primary N) is 1. The molecule has 2 rings (SSSR count). The van der Waals surface area contributed by atoms with Gasteiger partial charge in [0.25, 0.3) is 10.0 Å². The normalized spacial score (nSPS) is 11.4. The van der Waals surface area contributed by atoms with Crippen molar-refractivity contribution in [3.63, 3.8) is 0 Å². The van der Waals surface area contributed by atoms with Gasteiger partial charge in [0.05, 0.1) is 10.6 Å². The SMILES string of the molecule is Cc1cnc(Cl)c(NS(=O)(=O)c2c(C)cc(N)cc2C)c1. The Bertz CT molecular complexity index is 781. The first-order valence-corrected chi connectivity index (χ1v) is 8.08. The third-order valence-electron chi connectivity index (χ3n) is 2.97. The zero-order valence-corrected chi connectivity index (χ0v) is 13.5. The topological polar surface area (TPSA) is 85.1 Å². The fraction of sp³-hybridized carbons (Fsp3) is 0.214. The summed E-state index contributed by atoms with van der Waals surface area (Å²) in [6.45, 7) is 5.21. The molecule has 0 aliphatic carbocycles. The van der Waals surface area contributed by atoms with Crippen LogP contribution in [0, 0.1) is 20.8 Å². The van der Waals surface area contributed by atoms with Crippen molar-refractivity contribution in [1.29, 1.82) is 0 Å². The van der Waals surface area contributed by atoms with E-state index < -0.39 is 10.0 Å². The van der Waals surface area contributed by atoms with Crippen LogP contribution in [0.5, 0.6) is 0 Å². The maximum atomic E-state index is 12.6. The van der Waals surface area contributed by atoms with Crippen LogP contribution in [0.3, 0.4) is 0 Å². The Morgan fingerprint density at radius 1 is 1.14 bits per heavy atom. The minimum atomic E-state index is -3.76. The summed E-state index contributed by atoms with van der Waals surface area (Å²) >= 11 is 5.94. The van der Waals surface area contributed by atoms with E-state index in [1.54, 1.807) is 45.2 Å². The molecule has 0 atom stereocenters. The second kappa shape index (κ2) is 5.54. The van der Waals surface area contributed by atoms with Crippen molar-refractivity contribution in [2.24, 2.45) is 0 Å². The van der Waals surface area contributed by atoms with Crippen molar-refractivity contribution in [3.8, 4) is 0 Å². The Labute approximate surface area is 129 Å². The standard InChI is InChI=1S/C14H16ClN3O2S/c1-8-4-12(14(15)17-7-8)18-21(19,20)13-9(2)5-11(16)6-10(13)3/h4-7,18H,16H2,1-3H3. The van der Waals surface area contributed by atoms with E-state index in [1.165, 1.54) is 0 Å². The Morgan fingerprint density at radius 3 is 2.29 bits per heavy atom. The van der Waals surface area contributed by atoms with E-state index in [2.05, 4.69) is 9.71 Å². The van der Waals surface area contributed by atoms with Gasteiger partial charge in [0.15, 0.2) is 5.15 Å². The van der Waals surface area contributed by atoms with E-state index in [4.69, 9.17) is 17.3 Å². The molecule has 21 heavy (non-hydrogen) atoms. The molecule has 0 unspecified atom stereocenters. The van der Waals surface area contributed by atoms with Crippen LogP contribution in [0.25, 0.3) is 0 Å². The Balaban J connectivity index is 2.51. The summed E-state index contributed by atoms with van der Waals surface area (Å²) in [4.78, 5) is 4.14. The van der Waals surface area contributed by atoms with Gasteiger partial charge in [0.2, 0.25) is 0 Å². The number of halogens is 1. The number of aryl methyl sites for hydroxylation is 3. The molecule has 0 aliphatic rings. The molecular weight excluding hydrogens is 310 g/mol. The van der Waals surface area contributed by atoms with E-state index in [0.29, 0.717) is 16.8 Å². The first-order valence-electron chi connectivity index (χ1n) is 6.22. The number of nitrogens with one attached hydrogen (secondary N) is 1. The van der Waals surface area contributed by atoms with Crippen molar-refractivity contribution >= 4 is 33.0 Å². The Kier molecular flexibility index (Phi) is 4.11. The second-order valence-electron chi connectivity index (χ2n) is 4.94. The summed E-state index contributed by atoms with van der Waals surface area (Å²) in [5.41, 5.74) is 8.47. The average Bonchev–Trinajstić information content (AvgIpc) is 2.31. The number of benzene rings is 1. The highest BCUT2D eigenvalue weighted by Gasteiger charge is 2.21. The fourth-order valence-electron chi connectivity index (χ4n) is 2.23. The molecule has 2 aromatic rings. The highest BCUT2D eigenvalue weighted by molar-refractivity contribution is 7.92. The minimum Gasteiger partial charge on any atom is -0.399 e. The van der Waals surface area contributed by atoms with Gasteiger partial charge in [-0.15, -0.1) is 0 Å². The molecule has 0 fully saturated rings. The molecule has 0 radical (unpaired) electrons. The number of nitrogen functional groups attached to an aromatic ring is 1. The molecule has 0 saturated carbocycles. The highest BCUT2D eigenvalue weighted by Crippen LogP contribution is 2.27. The van der Waals surface area contributed by atoms with Gasteiger partial charge in [0.1, 0.15) is 0 Å². The van der Waals surface area contributed by atoms with Crippen molar-refractivity contribution in [3.05, 3.63) is 46.2 Å². The molecule has 0 saturated heterocycles. The van der Waals surface area contributed by atoms with Crippen LogP contribution in [-0.2, 0) is 10.0 Å². The predicted octanol–water partition coefficient (Wildman–Crippen LogP) is 3.04. The monoisotopic (exact) mass is 325 g/mol. The lowest BCUT2D eigenvalue weighted by atomic mass is 10.1. The lowest BCUT2D eigenvalue weighted by molar-refractivity contribution is 0.600. The first kappa shape index (κ1) is 15.6. The Morgan fingerprint density at radius 2 is 1.71 bits per heavy atom. The van der Waals surface area contributed by atoms with E-state index in [0.717, 1.165) is 5.56 Å². The molecule has 0 spiro atoms. The summed E-state index contributed by atoms with van der Waals surface area (Å²) in [5, 5.41) is 0.106. The van der Waals surface area contributed by atoms with Gasteiger partial charge in [-0.1, -0.05) is 11.6 Å². The first-order chi connectivity index (χ1) is 9.70. The number of hydrogen-bond acceptors (Lipinski definition) is 4. The lowest BCUT2D eigenvalue weighted by Gasteiger charge is -2.14. The maximum Gasteiger partial charge on any atom is 0.262 e. The van der Waals surface area contributed by atoms with Crippen LogP contribution >= 0.6 is 11.6 Å². The number of anilines is 2. The third-order valence-corrected chi connectivity index (χ3v) is 4.94. The van der Waals surface area contributed by atoms with Crippen LogP contribution in [0.2, 0.25) is 5.15 Å². The van der Waals surface area contributed by atoms with Crippen LogP contribution in [0.15, 0.2) is 29.3 Å². The molecular formula is C14H16ClN3O2S. The fourth-order valence-corrected chi connectivity index (χ4v) is 3.95. The molecule has 1 aromatic heterocycles. The summed E-state index contributed by atoms with van der Waals surface area (Å²) in [6, 6.07) is 4.88. The quantitative estimate of drug-likeness (QED) is 0.671. The lowest BCUT2D eigenvalue weighted by Crippen LogP contribution is -2.16. The van der Waals surface area contributed by atoms with Crippen molar-refractivity contribution in [2.45, 2.75) is 25.7 Å². The molecule has 1 aromatic carbocycles. The van der Waals surface area contributed by atoms with Gasteiger partial charge in [-0.2, -0.15) is 0 Å². The van der Waals surface area contributed by atoms with E-state index >= 15 is 0 Å². The predicted molar refractivity (Wildman–Crippen MR) is 85.1 cm³/mol. The van der Waals surface area contributed by atoms with Crippen LogP contribution < -0.4 is 10.5 Å². The average molecular weight is 326 g/mol. The summed E-state index contributed by atoms with van der Waals surface area (Å²) in [5.74, 6) is 0. The number of pyridine rings is 1. The van der Waals surface area contributed by atoms with Gasteiger partial charge >= 0.3 is 0 Å². The van der Waals surface area contributed by atoms with Gasteiger partial charge in [-0.3, -0.25) is 4.72 Å². The summed E-state index contributed by atoms with van der Waals surface area (Å²) < 4.78 is 27.6. The van der Waals surface area contributed by atoms with Crippen molar-refractivity contribution in [2.75, 3.05) is 10.5 Å². The van der Waals surface area contributed by atoms with Gasteiger partial charge in [0, 0.05) is 11.9 Å². The summed E-state index contributed by atoms with van der Waals surface area (Å²) in [7, 11) is -3.76. The largest absolute Gasteiger partial charge is 0.399 e. The number of hydrogen-bond donors (Lipinski definition) is 2. The van der Waals surface area contributed by atoms with Crippen LogP contribution in [0.4, 0.5) is 11.4 Å². The molecule has 1 heterocycles. The molecule has 0 bridgehead atoms. The van der Waals surface area contributed by atoms with Gasteiger partial charge in [-0.25, -0.2) is 13.4 Å². The number of rotatable bonds is 3. The Hall–Kier alpha value is -1.79. The van der Waals surface area contributed by atoms with Crippen LogP contribution in [-0.4, -0.2) is 13.4 Å². The molecule has 112 valence electrons. The summed E-state index contributed by atoms with van der Waals surface area (Å²) in [6.07, 6.45) is 1.57. The zero-order chi connectivity index (χ0) is 15.8. The van der Waals surface area contributed by atoms with Crippen molar-refractivity contribution < 1.29 is 8.42 Å². The smallest absolute Gasteiger partial charge is 0.262 e. The maximum absolute atomic E-state index is 12.6. The molecule has 7 heteroatoms. The molecule has 3 N–H and O–H groups in total.